The van der Waals surface area contributed by atoms with Crippen molar-refractivity contribution in [3.8, 4) is 0 Å². The highest BCUT2D eigenvalue weighted by molar-refractivity contribution is 6.30. The quantitative estimate of drug-likeness (QED) is 0.853. The number of esters is 1. The Bertz CT molecular complexity index is 416. The summed E-state index contributed by atoms with van der Waals surface area (Å²) in [6.45, 7) is 5.82. The molecule has 0 saturated carbocycles. The highest BCUT2D eigenvalue weighted by Gasteiger charge is 2.23. The minimum absolute atomic E-state index is 0.170. The molecule has 104 valence electrons. The molecule has 5 heteroatoms. The predicted octanol–water partition coefficient (Wildman–Crippen LogP) is 1.68. The molecule has 0 aliphatic carbocycles. The van der Waals surface area contributed by atoms with Crippen LogP contribution in [0.15, 0.2) is 24.3 Å². The molecule has 1 aromatic rings. The van der Waals surface area contributed by atoms with E-state index in [9.17, 15) is 4.79 Å². The largest absolute Gasteiger partial charge is 0.460 e. The first-order valence-electron chi connectivity index (χ1n) is 6.52. The second kappa shape index (κ2) is 6.89. The molecule has 1 aliphatic heterocycles. The lowest BCUT2D eigenvalue weighted by atomic mass is 10.2. The van der Waals surface area contributed by atoms with Crippen LogP contribution in [0, 0.1) is 0 Å². The van der Waals surface area contributed by atoms with Crippen molar-refractivity contribution in [1.82, 2.24) is 10.2 Å². The summed E-state index contributed by atoms with van der Waals surface area (Å²) in [6, 6.07) is 7.14. The number of benzene rings is 1. The van der Waals surface area contributed by atoms with E-state index >= 15 is 0 Å². The van der Waals surface area contributed by atoms with E-state index in [1.165, 1.54) is 0 Å². The van der Waals surface area contributed by atoms with Crippen LogP contribution in [0.2, 0.25) is 5.02 Å². The van der Waals surface area contributed by atoms with Crippen LogP contribution in [0.3, 0.4) is 0 Å². The predicted molar refractivity (Wildman–Crippen MR) is 75.2 cm³/mol. The fourth-order valence-corrected chi connectivity index (χ4v) is 2.20. The summed E-state index contributed by atoms with van der Waals surface area (Å²) in [4.78, 5) is 14.1. The molecule has 4 nitrogen and oxygen atoms in total. The summed E-state index contributed by atoms with van der Waals surface area (Å²) in [5, 5.41) is 3.95. The van der Waals surface area contributed by atoms with Crippen LogP contribution in [0.5, 0.6) is 0 Å². The number of carbonyl (C=O) groups is 1. The molecular weight excluding hydrogens is 264 g/mol. The van der Waals surface area contributed by atoms with Gasteiger partial charge in [0.25, 0.3) is 0 Å². The molecule has 1 aromatic carbocycles. The first-order chi connectivity index (χ1) is 9.16. The van der Waals surface area contributed by atoms with E-state index in [4.69, 9.17) is 16.3 Å². The molecule has 1 heterocycles. The zero-order chi connectivity index (χ0) is 13.7. The van der Waals surface area contributed by atoms with E-state index in [-0.39, 0.29) is 12.0 Å². The lowest BCUT2D eigenvalue weighted by Crippen LogP contribution is -2.50. The lowest BCUT2D eigenvalue weighted by Gasteiger charge is -2.31. The number of nitrogens with one attached hydrogen (secondary N) is 1. The third-order valence-electron chi connectivity index (χ3n) is 3.33. The van der Waals surface area contributed by atoms with Gasteiger partial charge in [0.05, 0.1) is 0 Å². The Labute approximate surface area is 118 Å². The highest BCUT2D eigenvalue weighted by atomic mass is 35.5. The molecule has 0 spiro atoms. The van der Waals surface area contributed by atoms with Gasteiger partial charge in [0.2, 0.25) is 0 Å². The molecule has 1 N–H and O–H groups in total. The van der Waals surface area contributed by atoms with E-state index in [0.717, 1.165) is 31.7 Å². The summed E-state index contributed by atoms with van der Waals surface area (Å²) >= 11 is 5.81. The van der Waals surface area contributed by atoms with Gasteiger partial charge in [-0.05, 0) is 24.6 Å². The standard InChI is InChI=1S/C14H19ClN2O2/c1-11(17-8-6-16-7-9-17)14(18)19-10-12-2-4-13(15)5-3-12/h2-5,11,16H,6-10H2,1H3. The molecule has 0 radical (unpaired) electrons. The Morgan fingerprint density at radius 2 is 2.00 bits per heavy atom. The van der Waals surface area contributed by atoms with Crippen molar-refractivity contribution in [1.29, 1.82) is 0 Å². The smallest absolute Gasteiger partial charge is 0.323 e. The second-order valence-electron chi connectivity index (χ2n) is 4.70. The van der Waals surface area contributed by atoms with Crippen molar-refractivity contribution < 1.29 is 9.53 Å². The average molecular weight is 283 g/mol. The van der Waals surface area contributed by atoms with Gasteiger partial charge in [-0.2, -0.15) is 0 Å². The van der Waals surface area contributed by atoms with Crippen LogP contribution < -0.4 is 5.32 Å². The molecule has 0 aromatic heterocycles. The number of piperazine rings is 1. The average Bonchev–Trinajstić information content (AvgIpc) is 2.46. The number of carbonyl (C=O) groups excluding carboxylic acids is 1. The molecule has 0 bridgehead atoms. The van der Waals surface area contributed by atoms with Gasteiger partial charge in [0, 0.05) is 31.2 Å². The first-order valence-corrected chi connectivity index (χ1v) is 6.90. The normalized spacial score (nSPS) is 18.0. The minimum atomic E-state index is -0.186. The molecule has 2 rings (SSSR count). The lowest BCUT2D eigenvalue weighted by molar-refractivity contribution is -0.151. The van der Waals surface area contributed by atoms with Crippen LogP contribution in [0.1, 0.15) is 12.5 Å². The van der Waals surface area contributed by atoms with Gasteiger partial charge in [-0.3, -0.25) is 9.69 Å². The Morgan fingerprint density at radius 1 is 1.37 bits per heavy atom. The topological polar surface area (TPSA) is 41.6 Å². The first kappa shape index (κ1) is 14.3. The Balaban J connectivity index is 1.81. The van der Waals surface area contributed by atoms with E-state index < -0.39 is 0 Å². The number of nitrogens with zero attached hydrogens (tertiary/aromatic N) is 1. The molecule has 1 atom stereocenters. The van der Waals surface area contributed by atoms with Crippen molar-refractivity contribution in [3.05, 3.63) is 34.9 Å². The van der Waals surface area contributed by atoms with Crippen molar-refractivity contribution >= 4 is 17.6 Å². The Hall–Kier alpha value is -1.10. The second-order valence-corrected chi connectivity index (χ2v) is 5.13. The monoisotopic (exact) mass is 282 g/mol. The third-order valence-corrected chi connectivity index (χ3v) is 3.59. The summed E-state index contributed by atoms with van der Waals surface area (Å²) in [5.41, 5.74) is 0.949. The maximum atomic E-state index is 12.0. The summed E-state index contributed by atoms with van der Waals surface area (Å²) in [5.74, 6) is -0.170. The summed E-state index contributed by atoms with van der Waals surface area (Å²) < 4.78 is 5.34. The molecular formula is C14H19ClN2O2. The van der Waals surface area contributed by atoms with Crippen LogP contribution in [0.25, 0.3) is 0 Å². The van der Waals surface area contributed by atoms with E-state index in [2.05, 4.69) is 10.2 Å². The summed E-state index contributed by atoms with van der Waals surface area (Å²) in [6.07, 6.45) is 0. The Morgan fingerprint density at radius 3 is 2.63 bits per heavy atom. The molecule has 1 unspecified atom stereocenters. The summed E-state index contributed by atoms with van der Waals surface area (Å²) in [7, 11) is 0. The maximum absolute atomic E-state index is 12.0. The van der Waals surface area contributed by atoms with Crippen molar-refractivity contribution in [3.63, 3.8) is 0 Å². The minimum Gasteiger partial charge on any atom is -0.460 e. The van der Waals surface area contributed by atoms with Gasteiger partial charge >= 0.3 is 5.97 Å². The van der Waals surface area contributed by atoms with E-state index in [0.29, 0.717) is 11.6 Å². The molecule has 0 amide bonds. The van der Waals surface area contributed by atoms with E-state index in [1.807, 2.05) is 19.1 Å². The van der Waals surface area contributed by atoms with Crippen molar-refractivity contribution in [2.24, 2.45) is 0 Å². The Kier molecular flexibility index (Phi) is 5.19. The zero-order valence-electron chi connectivity index (χ0n) is 11.1. The van der Waals surface area contributed by atoms with E-state index in [1.54, 1.807) is 12.1 Å². The number of ether oxygens (including phenoxy) is 1. The zero-order valence-corrected chi connectivity index (χ0v) is 11.8. The van der Waals surface area contributed by atoms with Crippen LogP contribution >= 0.6 is 11.6 Å². The number of rotatable bonds is 4. The maximum Gasteiger partial charge on any atom is 0.323 e. The molecule has 1 fully saturated rings. The van der Waals surface area contributed by atoms with Gasteiger partial charge in [0.15, 0.2) is 0 Å². The van der Waals surface area contributed by atoms with Gasteiger partial charge < -0.3 is 10.1 Å². The molecule has 1 aliphatic rings. The van der Waals surface area contributed by atoms with Crippen molar-refractivity contribution in [2.45, 2.75) is 19.6 Å². The van der Waals surface area contributed by atoms with Gasteiger partial charge in [-0.1, -0.05) is 23.7 Å². The number of hydrogen-bond donors (Lipinski definition) is 1. The SMILES string of the molecule is CC(C(=O)OCc1ccc(Cl)cc1)N1CCNCC1. The highest BCUT2D eigenvalue weighted by Crippen LogP contribution is 2.11. The number of halogens is 1. The van der Waals surface area contributed by atoms with Crippen molar-refractivity contribution in [2.75, 3.05) is 26.2 Å². The molecule has 19 heavy (non-hydrogen) atoms. The number of hydrogen-bond acceptors (Lipinski definition) is 4. The fraction of sp³-hybridized carbons (Fsp3) is 0.500. The van der Waals surface area contributed by atoms with Gasteiger partial charge in [-0.25, -0.2) is 0 Å². The van der Waals surface area contributed by atoms with Crippen LogP contribution in [-0.4, -0.2) is 43.1 Å². The van der Waals surface area contributed by atoms with Crippen LogP contribution in [-0.2, 0) is 16.1 Å². The molecule has 1 saturated heterocycles. The fourth-order valence-electron chi connectivity index (χ4n) is 2.07. The van der Waals surface area contributed by atoms with Gasteiger partial charge in [0.1, 0.15) is 12.6 Å². The third kappa shape index (κ3) is 4.20. The van der Waals surface area contributed by atoms with Crippen LogP contribution in [0.4, 0.5) is 0 Å². The van der Waals surface area contributed by atoms with Gasteiger partial charge in [-0.15, -0.1) is 0 Å².